The van der Waals surface area contributed by atoms with Crippen LogP contribution in [0.15, 0.2) is 93.2 Å². The molecule has 11 heteroatoms. The largest absolute Gasteiger partial charge is 0.490 e. The van der Waals surface area contributed by atoms with E-state index in [0.717, 1.165) is 23.3 Å². The molecule has 0 saturated carbocycles. The highest BCUT2D eigenvalue weighted by Gasteiger charge is 2.30. The highest BCUT2D eigenvalue weighted by Crippen LogP contribution is 2.30. The van der Waals surface area contributed by atoms with E-state index in [1.807, 2.05) is 65.4 Å². The van der Waals surface area contributed by atoms with Crippen molar-refractivity contribution in [3.63, 3.8) is 0 Å². The number of ether oxygens (including phenoxy) is 2. The third-order valence-electron chi connectivity index (χ3n) is 7.59. The lowest BCUT2D eigenvalue weighted by molar-refractivity contribution is -0.477. The molecule has 1 aromatic rings. The van der Waals surface area contributed by atoms with Crippen molar-refractivity contribution in [2.75, 3.05) is 59.2 Å². The molecule has 0 radical (unpaired) electrons. The van der Waals surface area contributed by atoms with E-state index in [1.54, 1.807) is 48.5 Å². The maximum Gasteiger partial charge on any atom is 0.246 e. The van der Waals surface area contributed by atoms with Gasteiger partial charge in [0.15, 0.2) is 12.8 Å². The third-order valence-corrected chi connectivity index (χ3v) is 7.59. The molecule has 3 rings (SSSR count). The van der Waals surface area contributed by atoms with Crippen LogP contribution in [0.25, 0.3) is 0 Å². The van der Waals surface area contributed by atoms with Crippen LogP contribution < -0.4 is 15.4 Å². The van der Waals surface area contributed by atoms with Crippen LogP contribution in [-0.2, 0) is 9.53 Å². The number of rotatable bonds is 13. The number of aliphatic imine (C=N–C) groups is 1. The van der Waals surface area contributed by atoms with Crippen LogP contribution in [0.4, 0.5) is 10.1 Å². The van der Waals surface area contributed by atoms with E-state index < -0.39 is 5.82 Å². The van der Waals surface area contributed by atoms with Gasteiger partial charge in [0, 0.05) is 38.1 Å². The molecular formula is C36H49FN7O3+. The zero-order chi connectivity index (χ0) is 34.3. The molecule has 1 aromatic carbocycles. The van der Waals surface area contributed by atoms with Crippen molar-refractivity contribution in [3.05, 3.63) is 94.5 Å². The first-order valence-corrected chi connectivity index (χ1v) is 15.9. The first-order chi connectivity index (χ1) is 22.7. The summed E-state index contributed by atoms with van der Waals surface area (Å²) >= 11 is 0. The standard InChI is InChI=1S/C36H49FN7O3/c1-9-13-31(42-20-22-43(23-21-42)33(45)14-12-17-38-6)35(46-8)34(26(4)10-2)36(39-7)41-30-24-27(5)32(25-29(30)37)47-28-15-18-44(19-16-28)40-11-3/h10-16,18,20,24-25,38H,9,17,19,21-23H2,1-8H3,(H,39,41)/q+1/b14-12+,26-10-,31-13-,35-34-,40-11-. The van der Waals surface area contributed by atoms with Crippen molar-refractivity contribution in [3.8, 4) is 5.75 Å². The van der Waals surface area contributed by atoms with E-state index >= 15 is 4.39 Å². The second kappa shape index (κ2) is 18.4. The number of hydrogen-bond donors (Lipinski definition) is 2. The van der Waals surface area contributed by atoms with E-state index in [9.17, 15) is 4.79 Å². The molecule has 0 aliphatic carbocycles. The Morgan fingerprint density at radius 2 is 2.02 bits per heavy atom. The number of methoxy groups -OCH3 is 1. The minimum atomic E-state index is -0.483. The smallest absolute Gasteiger partial charge is 0.246 e. The number of hydrazone groups is 1. The normalized spacial score (nSPS) is 16.8. The van der Waals surface area contributed by atoms with Crippen LogP contribution >= 0.6 is 0 Å². The fourth-order valence-electron chi connectivity index (χ4n) is 5.03. The van der Waals surface area contributed by atoms with Gasteiger partial charge >= 0.3 is 0 Å². The fourth-order valence-corrected chi connectivity index (χ4v) is 5.03. The first kappa shape index (κ1) is 36.7. The average Bonchev–Trinajstić information content (AvgIpc) is 3.08. The molecule has 47 heavy (non-hydrogen) atoms. The van der Waals surface area contributed by atoms with Crippen molar-refractivity contribution in [1.29, 1.82) is 0 Å². The summed E-state index contributed by atoms with van der Waals surface area (Å²) in [5.41, 5.74) is 3.46. The Balaban J connectivity index is 1.94. The summed E-state index contributed by atoms with van der Waals surface area (Å²) in [5, 5.41) is 12.2. The molecule has 0 saturated heterocycles. The van der Waals surface area contributed by atoms with Crippen molar-refractivity contribution < 1.29 is 23.2 Å². The van der Waals surface area contributed by atoms with Gasteiger partial charge in [-0.2, -0.15) is 9.68 Å². The van der Waals surface area contributed by atoms with Gasteiger partial charge < -0.3 is 25.0 Å². The minimum Gasteiger partial charge on any atom is -0.490 e. The number of likely N-dealkylation sites (N-methyl/N-ethyl adjacent to an activating group) is 1. The number of allylic oxidation sites excluding steroid dienone is 3. The molecule has 0 atom stereocenters. The van der Waals surface area contributed by atoms with Crippen molar-refractivity contribution in [2.45, 2.75) is 41.0 Å². The van der Waals surface area contributed by atoms with Crippen molar-refractivity contribution in [1.82, 2.24) is 15.2 Å². The van der Waals surface area contributed by atoms with Crippen LogP contribution in [0.3, 0.4) is 0 Å². The maximum atomic E-state index is 15.7. The van der Waals surface area contributed by atoms with E-state index in [4.69, 9.17) is 9.47 Å². The van der Waals surface area contributed by atoms with E-state index in [2.05, 4.69) is 38.3 Å². The molecule has 0 unspecified atom stereocenters. The first-order valence-electron chi connectivity index (χ1n) is 15.9. The Hall–Kier alpha value is -4.77. The lowest BCUT2D eigenvalue weighted by Crippen LogP contribution is -2.42. The van der Waals surface area contributed by atoms with Crippen molar-refractivity contribution >= 4 is 29.9 Å². The fraction of sp³-hybridized carbons (Fsp3) is 0.389. The molecule has 1 amide bonds. The Bertz CT molecular complexity index is 1560. The lowest BCUT2D eigenvalue weighted by atomic mass is 10.0. The third kappa shape index (κ3) is 9.86. The minimum absolute atomic E-state index is 0.0243. The summed E-state index contributed by atoms with van der Waals surface area (Å²) in [7, 11) is 5.13. The van der Waals surface area contributed by atoms with Gasteiger partial charge in [0.1, 0.15) is 23.2 Å². The average molecular weight is 647 g/mol. The lowest BCUT2D eigenvalue weighted by Gasteiger charge is -2.24. The van der Waals surface area contributed by atoms with Gasteiger partial charge in [-0.05, 0) is 76.6 Å². The maximum absolute atomic E-state index is 15.7. The number of aryl methyl sites for hydroxylation is 1. The van der Waals surface area contributed by atoms with Gasteiger partial charge in [0.05, 0.1) is 38.0 Å². The molecule has 2 heterocycles. The van der Waals surface area contributed by atoms with Crippen LogP contribution in [0, 0.1) is 12.7 Å². The molecule has 0 aromatic heterocycles. The number of halogens is 1. The van der Waals surface area contributed by atoms with Crippen LogP contribution in [0.5, 0.6) is 5.75 Å². The summed E-state index contributed by atoms with van der Waals surface area (Å²) in [6.45, 7) is 12.5. The summed E-state index contributed by atoms with van der Waals surface area (Å²) in [5.74, 6) is 1.57. The zero-order valence-corrected chi connectivity index (χ0v) is 28.9. The number of carbonyl (C=O) groups excluding carboxylic acids is 1. The van der Waals surface area contributed by atoms with E-state index in [0.29, 0.717) is 61.4 Å². The Labute approximate surface area is 278 Å². The van der Waals surface area contributed by atoms with Crippen LogP contribution in [0.1, 0.15) is 39.7 Å². The second-order valence-corrected chi connectivity index (χ2v) is 10.8. The Morgan fingerprint density at radius 1 is 1.23 bits per heavy atom. The summed E-state index contributed by atoms with van der Waals surface area (Å²) in [6, 6.07) is 3.09. The number of amides is 1. The highest BCUT2D eigenvalue weighted by atomic mass is 19.1. The van der Waals surface area contributed by atoms with Gasteiger partial charge in [-0.3, -0.25) is 14.8 Å². The van der Waals surface area contributed by atoms with Crippen LogP contribution in [0.2, 0.25) is 0 Å². The number of anilines is 1. The number of nitrogens with one attached hydrogen (secondary N) is 2. The SMILES string of the molecule is C/C=N\N1C=CC(Oc2cc(F)c(NC(=NC)C(/C(C)=C\C)=C(OC)/C(=C/CC)[N+]3=CCN(C(=O)/C=C/CNC)CC3)cc2C)=CC1. The molecule has 0 fully saturated rings. The van der Waals surface area contributed by atoms with Gasteiger partial charge in [-0.15, -0.1) is 0 Å². The van der Waals surface area contributed by atoms with Gasteiger partial charge in [-0.1, -0.05) is 19.1 Å². The van der Waals surface area contributed by atoms with E-state index in [1.165, 1.54) is 6.07 Å². The number of nitrogens with zero attached hydrogens (tertiary/aromatic N) is 5. The predicted octanol–water partition coefficient (Wildman–Crippen LogP) is 5.53. The van der Waals surface area contributed by atoms with Gasteiger partial charge in [-0.25, -0.2) is 4.39 Å². The number of carbonyl (C=O) groups is 1. The highest BCUT2D eigenvalue weighted by molar-refractivity contribution is 6.11. The molecule has 2 aliphatic rings. The molecule has 0 bridgehead atoms. The summed E-state index contributed by atoms with van der Waals surface area (Å²) in [4.78, 5) is 19.0. The topological polar surface area (TPSA) is 93.8 Å². The number of amidine groups is 1. The molecule has 10 nitrogen and oxygen atoms in total. The molecule has 2 N–H and O–H groups in total. The molecule has 252 valence electrons. The van der Waals surface area contributed by atoms with E-state index in [-0.39, 0.29) is 11.6 Å². The molecule has 0 spiro atoms. The zero-order valence-electron chi connectivity index (χ0n) is 28.9. The summed E-state index contributed by atoms with van der Waals surface area (Å²) in [6.07, 6.45) is 17.5. The monoisotopic (exact) mass is 646 g/mol. The van der Waals surface area contributed by atoms with Crippen LogP contribution in [-0.4, -0.2) is 92.6 Å². The number of benzene rings is 1. The molecular weight excluding hydrogens is 597 g/mol. The molecule has 2 aliphatic heterocycles. The number of hydrogen-bond acceptors (Lipinski definition) is 7. The van der Waals surface area contributed by atoms with Crippen molar-refractivity contribution in [2.24, 2.45) is 10.1 Å². The Kier molecular flexibility index (Phi) is 14.4. The van der Waals surface area contributed by atoms with Gasteiger partial charge in [0.25, 0.3) is 0 Å². The quantitative estimate of drug-likeness (QED) is 0.0731. The summed E-state index contributed by atoms with van der Waals surface area (Å²) < 4.78 is 29.9. The predicted molar refractivity (Wildman–Crippen MR) is 190 cm³/mol. The second-order valence-electron chi connectivity index (χ2n) is 10.8. The van der Waals surface area contributed by atoms with Gasteiger partial charge in [0.2, 0.25) is 17.4 Å². The Morgan fingerprint density at radius 3 is 2.60 bits per heavy atom.